The Bertz CT molecular complexity index is 853. The standard InChI is InChI=1S/C13H20N5O7P/c1-5(2)11-16-10(14)7-12(17-11)18(4-15-7)13-9(20)8(19)6(25-13)3-24-26(21,22)23/h4-6,8-9,13,19-20H,3H2,1-2H3,(H2,14,16,17)(H2,21,22,23). The highest BCUT2D eigenvalue weighted by Crippen LogP contribution is 2.39. The average molecular weight is 389 g/mol. The molecule has 1 fully saturated rings. The Hall–Kier alpha value is -1.66. The van der Waals surface area contributed by atoms with E-state index in [4.69, 9.17) is 20.3 Å². The van der Waals surface area contributed by atoms with E-state index in [1.54, 1.807) is 0 Å². The SMILES string of the molecule is CC(C)c1nc(N)c2ncn(C3OC(COP(=O)(O)O)C(O)C3O)c2n1. The van der Waals surface area contributed by atoms with E-state index in [0.29, 0.717) is 17.0 Å². The van der Waals surface area contributed by atoms with Gasteiger partial charge in [-0.3, -0.25) is 9.09 Å². The lowest BCUT2D eigenvalue weighted by Crippen LogP contribution is -2.33. The number of nitrogen functional groups attached to an aromatic ring is 1. The number of fused-ring (bicyclic) bond motifs is 1. The van der Waals surface area contributed by atoms with Crippen molar-refractivity contribution in [3.63, 3.8) is 0 Å². The third-order valence-corrected chi connectivity index (χ3v) is 4.49. The summed E-state index contributed by atoms with van der Waals surface area (Å²) in [6, 6.07) is 0. The van der Waals surface area contributed by atoms with E-state index in [0.717, 1.165) is 0 Å². The van der Waals surface area contributed by atoms with Gasteiger partial charge in [0.1, 0.15) is 29.7 Å². The molecule has 4 unspecified atom stereocenters. The molecule has 1 saturated heterocycles. The highest BCUT2D eigenvalue weighted by atomic mass is 31.2. The Morgan fingerprint density at radius 2 is 2.04 bits per heavy atom. The summed E-state index contributed by atoms with van der Waals surface area (Å²) >= 11 is 0. The molecule has 1 aliphatic heterocycles. The van der Waals surface area contributed by atoms with Crippen molar-refractivity contribution < 1.29 is 33.8 Å². The van der Waals surface area contributed by atoms with Gasteiger partial charge in [-0.15, -0.1) is 0 Å². The minimum absolute atomic E-state index is 0.00513. The number of anilines is 1. The molecule has 0 saturated carbocycles. The zero-order chi connectivity index (χ0) is 19.2. The maximum Gasteiger partial charge on any atom is 0.469 e. The monoisotopic (exact) mass is 389 g/mol. The van der Waals surface area contributed by atoms with Gasteiger partial charge < -0.3 is 30.5 Å². The first kappa shape index (κ1) is 19.1. The fourth-order valence-electron chi connectivity index (χ4n) is 2.67. The number of nitrogens with two attached hydrogens (primary N) is 1. The molecule has 0 bridgehead atoms. The number of rotatable bonds is 5. The van der Waals surface area contributed by atoms with Gasteiger partial charge in [-0.1, -0.05) is 13.8 Å². The van der Waals surface area contributed by atoms with Crippen LogP contribution < -0.4 is 5.73 Å². The second-order valence-electron chi connectivity index (χ2n) is 6.28. The van der Waals surface area contributed by atoms with Crippen LogP contribution >= 0.6 is 7.82 Å². The predicted molar refractivity (Wildman–Crippen MR) is 87.7 cm³/mol. The minimum Gasteiger partial charge on any atom is -0.387 e. The predicted octanol–water partition coefficient (Wildman–Crippen LogP) is -0.740. The zero-order valence-corrected chi connectivity index (χ0v) is 14.9. The quantitative estimate of drug-likeness (QED) is 0.405. The normalized spacial score (nSPS) is 26.9. The molecular formula is C13H20N5O7P. The largest absolute Gasteiger partial charge is 0.469 e. The van der Waals surface area contributed by atoms with Crippen LogP contribution in [-0.4, -0.2) is 64.4 Å². The summed E-state index contributed by atoms with van der Waals surface area (Å²) in [5.74, 6) is 0.646. The molecule has 13 heteroatoms. The van der Waals surface area contributed by atoms with Crippen LogP contribution in [0.3, 0.4) is 0 Å². The van der Waals surface area contributed by atoms with E-state index in [1.165, 1.54) is 10.9 Å². The third-order valence-electron chi connectivity index (χ3n) is 4.00. The van der Waals surface area contributed by atoms with E-state index in [1.807, 2.05) is 13.8 Å². The lowest BCUT2D eigenvalue weighted by atomic mass is 10.1. The number of phosphoric ester groups is 1. The number of hydrogen-bond acceptors (Lipinski definition) is 9. The minimum atomic E-state index is -4.74. The number of aliphatic hydroxyl groups is 2. The number of hydrogen-bond donors (Lipinski definition) is 5. The first-order valence-corrected chi connectivity index (χ1v) is 9.33. The molecule has 2 aromatic rings. The number of aliphatic hydroxyl groups excluding tert-OH is 2. The topological polar surface area (TPSA) is 186 Å². The molecule has 6 N–H and O–H groups in total. The summed E-state index contributed by atoms with van der Waals surface area (Å²) in [7, 11) is -4.74. The third kappa shape index (κ3) is 3.58. The summed E-state index contributed by atoms with van der Waals surface area (Å²) in [6.07, 6.45) is -3.71. The Morgan fingerprint density at radius 3 is 2.65 bits per heavy atom. The first-order valence-electron chi connectivity index (χ1n) is 7.80. The Balaban J connectivity index is 1.92. The molecule has 0 radical (unpaired) electrons. The van der Waals surface area contributed by atoms with E-state index < -0.39 is 39.0 Å². The molecule has 12 nitrogen and oxygen atoms in total. The van der Waals surface area contributed by atoms with E-state index in [2.05, 4.69) is 19.5 Å². The Labute approximate surface area is 147 Å². The molecule has 0 aliphatic carbocycles. The second-order valence-corrected chi connectivity index (χ2v) is 7.52. The van der Waals surface area contributed by atoms with Crippen molar-refractivity contribution in [1.82, 2.24) is 19.5 Å². The lowest BCUT2D eigenvalue weighted by Gasteiger charge is -2.17. The summed E-state index contributed by atoms with van der Waals surface area (Å²) in [5.41, 5.74) is 6.53. The van der Waals surface area contributed by atoms with Gasteiger partial charge in [0, 0.05) is 5.92 Å². The van der Waals surface area contributed by atoms with Crippen LogP contribution in [0.25, 0.3) is 11.2 Å². The maximum atomic E-state index is 10.8. The van der Waals surface area contributed by atoms with Crippen LogP contribution in [0, 0.1) is 0 Å². The molecular weight excluding hydrogens is 369 g/mol. The fraction of sp³-hybridized carbons (Fsp3) is 0.615. The van der Waals surface area contributed by atoms with Gasteiger partial charge in [-0.2, -0.15) is 0 Å². The van der Waals surface area contributed by atoms with Crippen molar-refractivity contribution in [3.8, 4) is 0 Å². The summed E-state index contributed by atoms with van der Waals surface area (Å²) in [5, 5.41) is 20.4. The van der Waals surface area contributed by atoms with Gasteiger partial charge in [0.05, 0.1) is 12.9 Å². The molecule has 4 atom stereocenters. The molecule has 0 aromatic carbocycles. The Morgan fingerprint density at radius 1 is 1.35 bits per heavy atom. The van der Waals surface area contributed by atoms with Crippen LogP contribution in [-0.2, 0) is 13.8 Å². The molecule has 2 aromatic heterocycles. The second kappa shape index (κ2) is 6.82. The Kier molecular flexibility index (Phi) is 5.01. The number of ether oxygens (including phenoxy) is 1. The molecule has 144 valence electrons. The fourth-order valence-corrected chi connectivity index (χ4v) is 3.01. The van der Waals surface area contributed by atoms with Crippen LogP contribution in [0.5, 0.6) is 0 Å². The van der Waals surface area contributed by atoms with Crippen LogP contribution in [0.4, 0.5) is 5.82 Å². The molecule has 0 amide bonds. The van der Waals surface area contributed by atoms with Crippen molar-refractivity contribution in [2.45, 2.75) is 44.3 Å². The number of nitrogens with zero attached hydrogens (tertiary/aromatic N) is 4. The number of aromatic nitrogens is 4. The summed E-state index contributed by atoms with van der Waals surface area (Å²) < 4.78 is 22.1. The van der Waals surface area contributed by atoms with Crippen molar-refractivity contribution in [2.75, 3.05) is 12.3 Å². The van der Waals surface area contributed by atoms with Gasteiger partial charge in [-0.05, 0) is 0 Å². The van der Waals surface area contributed by atoms with Crippen molar-refractivity contribution in [1.29, 1.82) is 0 Å². The van der Waals surface area contributed by atoms with E-state index in [9.17, 15) is 14.8 Å². The van der Waals surface area contributed by atoms with Crippen molar-refractivity contribution in [2.24, 2.45) is 0 Å². The zero-order valence-electron chi connectivity index (χ0n) is 14.0. The van der Waals surface area contributed by atoms with E-state index >= 15 is 0 Å². The maximum absolute atomic E-state index is 10.8. The molecule has 0 spiro atoms. The highest BCUT2D eigenvalue weighted by molar-refractivity contribution is 7.46. The molecule has 3 rings (SSSR count). The van der Waals surface area contributed by atoms with Crippen LogP contribution in [0.15, 0.2) is 6.33 Å². The summed E-state index contributed by atoms with van der Waals surface area (Å²) in [6.45, 7) is 3.18. The summed E-state index contributed by atoms with van der Waals surface area (Å²) in [4.78, 5) is 30.2. The highest BCUT2D eigenvalue weighted by Gasteiger charge is 2.45. The van der Waals surface area contributed by atoms with Crippen LogP contribution in [0.1, 0.15) is 31.8 Å². The van der Waals surface area contributed by atoms with E-state index in [-0.39, 0.29) is 11.7 Å². The van der Waals surface area contributed by atoms with Gasteiger partial charge >= 0.3 is 7.82 Å². The number of imidazole rings is 1. The average Bonchev–Trinajstić information content (AvgIpc) is 3.08. The van der Waals surface area contributed by atoms with Crippen LogP contribution in [0.2, 0.25) is 0 Å². The molecule has 26 heavy (non-hydrogen) atoms. The molecule has 1 aliphatic rings. The smallest absolute Gasteiger partial charge is 0.387 e. The number of phosphoric acid groups is 1. The van der Waals surface area contributed by atoms with Gasteiger partial charge in [0.2, 0.25) is 0 Å². The van der Waals surface area contributed by atoms with Gasteiger partial charge in [-0.25, -0.2) is 19.5 Å². The lowest BCUT2D eigenvalue weighted by molar-refractivity contribution is -0.0504. The van der Waals surface area contributed by atoms with Gasteiger partial charge in [0.15, 0.2) is 17.7 Å². The van der Waals surface area contributed by atoms with Gasteiger partial charge in [0.25, 0.3) is 0 Å². The first-order chi connectivity index (χ1) is 12.1. The molecule has 3 heterocycles. The van der Waals surface area contributed by atoms with Crippen molar-refractivity contribution in [3.05, 3.63) is 12.2 Å². The van der Waals surface area contributed by atoms with Crippen molar-refractivity contribution >= 4 is 24.8 Å².